The van der Waals surface area contributed by atoms with Gasteiger partial charge in [-0.2, -0.15) is 0 Å². The Hall–Kier alpha value is -1.53. The highest BCUT2D eigenvalue weighted by molar-refractivity contribution is 6.34. The number of hydrogen-bond acceptors (Lipinski definition) is 2. The molecule has 0 aliphatic rings. The minimum absolute atomic E-state index is 0.0967. The smallest absolute Gasteiger partial charge is 0.323 e. The van der Waals surface area contributed by atoms with E-state index in [1.807, 2.05) is 0 Å². The minimum Gasteiger partial charge on any atom is -0.357 e. The number of benzene rings is 1. The fourth-order valence-corrected chi connectivity index (χ4v) is 0.999. The molecule has 0 unspecified atom stereocenters. The minimum atomic E-state index is -0.0967. The van der Waals surface area contributed by atoms with Gasteiger partial charge in [-0.15, -0.1) is 0 Å². The molecule has 0 spiro atoms. The summed E-state index contributed by atoms with van der Waals surface area (Å²) in [5.74, 6) is -0.0967. The number of hydrogen-bond donors (Lipinski definition) is 1. The summed E-state index contributed by atoms with van der Waals surface area (Å²) in [5, 5.41) is 11.6. The van der Waals surface area contributed by atoms with Crippen LogP contribution in [0.25, 0.3) is 4.85 Å². The van der Waals surface area contributed by atoms with Gasteiger partial charge < -0.3 is 10.1 Å². The van der Waals surface area contributed by atoms with Crippen molar-refractivity contribution < 1.29 is 5.21 Å². The monoisotopic (exact) mass is 180 g/mol. The molecular formula is C8H5ClN2O. The van der Waals surface area contributed by atoms with E-state index < -0.39 is 0 Å². The van der Waals surface area contributed by atoms with Gasteiger partial charge in [-0.05, 0) is 6.07 Å². The highest BCUT2D eigenvalue weighted by Gasteiger charge is 2.06. The average Bonchev–Trinajstić information content (AvgIpc) is 2.10. The first-order valence-electron chi connectivity index (χ1n) is 3.14. The van der Waals surface area contributed by atoms with Crippen molar-refractivity contribution >= 4 is 17.4 Å². The van der Waals surface area contributed by atoms with Crippen LogP contribution in [0.3, 0.4) is 0 Å². The van der Waals surface area contributed by atoms with Crippen molar-refractivity contribution in [3.05, 3.63) is 46.3 Å². The van der Waals surface area contributed by atoms with Crippen molar-refractivity contribution in [3.63, 3.8) is 0 Å². The van der Waals surface area contributed by atoms with Gasteiger partial charge in [-0.1, -0.05) is 36.4 Å². The second-order valence-corrected chi connectivity index (χ2v) is 2.42. The van der Waals surface area contributed by atoms with E-state index in [4.69, 9.17) is 23.4 Å². The second-order valence-electron chi connectivity index (χ2n) is 2.02. The van der Waals surface area contributed by atoms with Gasteiger partial charge in [-0.25, -0.2) is 0 Å². The van der Waals surface area contributed by atoms with Crippen LogP contribution in [0.4, 0.5) is 0 Å². The molecule has 0 bridgehead atoms. The van der Waals surface area contributed by atoms with Crippen molar-refractivity contribution in [1.82, 2.24) is 0 Å². The molecule has 0 saturated heterocycles. The predicted octanol–water partition coefficient (Wildman–Crippen LogP) is 2.40. The predicted molar refractivity (Wildman–Crippen MR) is 46.4 cm³/mol. The van der Waals surface area contributed by atoms with Crippen molar-refractivity contribution in [2.24, 2.45) is 5.16 Å². The zero-order valence-corrected chi connectivity index (χ0v) is 6.78. The third-order valence-electron chi connectivity index (χ3n) is 1.32. The summed E-state index contributed by atoms with van der Waals surface area (Å²) in [5.41, 5.74) is 0.441. The van der Waals surface area contributed by atoms with Gasteiger partial charge in [-0.3, -0.25) is 0 Å². The lowest BCUT2D eigenvalue weighted by atomic mass is 10.2. The molecular weight excluding hydrogens is 176 g/mol. The maximum atomic E-state index is 8.42. The first kappa shape index (κ1) is 8.57. The number of amidine groups is 1. The quantitative estimate of drug-likeness (QED) is 0.233. The van der Waals surface area contributed by atoms with Crippen LogP contribution in [0, 0.1) is 6.57 Å². The first-order chi connectivity index (χ1) is 5.79. The van der Waals surface area contributed by atoms with E-state index >= 15 is 0 Å². The third kappa shape index (κ3) is 1.55. The van der Waals surface area contributed by atoms with E-state index in [0.717, 1.165) is 0 Å². The third-order valence-corrected chi connectivity index (χ3v) is 1.64. The first-order valence-corrected chi connectivity index (χ1v) is 3.52. The molecule has 60 valence electrons. The largest absolute Gasteiger partial charge is 0.357 e. The maximum absolute atomic E-state index is 8.42. The van der Waals surface area contributed by atoms with E-state index in [2.05, 4.69) is 10.0 Å². The molecule has 0 aromatic heterocycles. The summed E-state index contributed by atoms with van der Waals surface area (Å²) in [7, 11) is 0. The van der Waals surface area contributed by atoms with Crippen molar-refractivity contribution in [3.8, 4) is 0 Å². The van der Waals surface area contributed by atoms with Gasteiger partial charge in [0, 0.05) is 10.6 Å². The fourth-order valence-electron chi connectivity index (χ4n) is 0.779. The molecule has 0 saturated carbocycles. The van der Waals surface area contributed by atoms with Crippen LogP contribution in [0.5, 0.6) is 0 Å². The summed E-state index contributed by atoms with van der Waals surface area (Å²) >= 11 is 5.74. The summed E-state index contributed by atoms with van der Waals surface area (Å²) in [6, 6.07) is 6.71. The number of nitrogens with zero attached hydrogens (tertiary/aromatic N) is 2. The molecule has 0 atom stereocenters. The molecule has 1 aromatic rings. The summed E-state index contributed by atoms with van der Waals surface area (Å²) < 4.78 is 0. The molecule has 1 aromatic carbocycles. The molecule has 0 radical (unpaired) electrons. The van der Waals surface area contributed by atoms with E-state index in [9.17, 15) is 0 Å². The second kappa shape index (κ2) is 3.74. The van der Waals surface area contributed by atoms with E-state index in [-0.39, 0.29) is 5.84 Å². The van der Waals surface area contributed by atoms with E-state index in [0.29, 0.717) is 10.6 Å². The van der Waals surface area contributed by atoms with E-state index in [1.54, 1.807) is 24.3 Å². The number of rotatable bonds is 1. The standard InChI is InChI=1S/C8H5ClN2O/c1-10-8(11-12)6-4-2-3-5-7(6)9/h2-5,12H/b11-8-. The fraction of sp³-hybridized carbons (Fsp3) is 0. The lowest BCUT2D eigenvalue weighted by Gasteiger charge is -1.97. The van der Waals surface area contributed by atoms with Crippen LogP contribution in [0.1, 0.15) is 5.56 Å². The van der Waals surface area contributed by atoms with Crippen LogP contribution in [-0.4, -0.2) is 11.0 Å². The molecule has 0 aliphatic carbocycles. The van der Waals surface area contributed by atoms with Crippen LogP contribution in [0.15, 0.2) is 29.4 Å². The SMILES string of the molecule is [C-]#[N+]/C(=N\O)c1ccccc1Cl. The summed E-state index contributed by atoms with van der Waals surface area (Å²) in [6.45, 7) is 6.67. The molecule has 0 fully saturated rings. The Bertz CT molecular complexity index is 354. The van der Waals surface area contributed by atoms with Crippen LogP contribution in [0.2, 0.25) is 5.02 Å². The van der Waals surface area contributed by atoms with Crippen molar-refractivity contribution in [2.45, 2.75) is 0 Å². The average molecular weight is 181 g/mol. The van der Waals surface area contributed by atoms with Crippen molar-refractivity contribution in [1.29, 1.82) is 0 Å². The lowest BCUT2D eigenvalue weighted by Crippen LogP contribution is -1.94. The van der Waals surface area contributed by atoms with Crippen LogP contribution >= 0.6 is 11.6 Å². The normalized spacial score (nSPS) is 10.8. The Morgan fingerprint density at radius 2 is 2.17 bits per heavy atom. The molecule has 12 heavy (non-hydrogen) atoms. The molecule has 0 amide bonds. The molecule has 0 heterocycles. The highest BCUT2D eigenvalue weighted by atomic mass is 35.5. The van der Waals surface area contributed by atoms with Crippen LogP contribution in [-0.2, 0) is 0 Å². The summed E-state index contributed by atoms with van der Waals surface area (Å²) in [4.78, 5) is 3.00. The van der Waals surface area contributed by atoms with Gasteiger partial charge >= 0.3 is 5.84 Å². The molecule has 3 nitrogen and oxygen atoms in total. The van der Waals surface area contributed by atoms with Gasteiger partial charge in [0.15, 0.2) is 0 Å². The Morgan fingerprint density at radius 3 is 2.67 bits per heavy atom. The Kier molecular flexibility index (Phi) is 2.67. The Balaban J connectivity index is 3.21. The lowest BCUT2D eigenvalue weighted by molar-refractivity contribution is 0.320. The molecule has 1 N–H and O–H groups in total. The van der Waals surface area contributed by atoms with Gasteiger partial charge in [0.25, 0.3) is 0 Å². The van der Waals surface area contributed by atoms with Crippen molar-refractivity contribution in [2.75, 3.05) is 0 Å². The Morgan fingerprint density at radius 1 is 1.50 bits per heavy atom. The summed E-state index contributed by atoms with van der Waals surface area (Å²) in [6.07, 6.45) is 0. The highest BCUT2D eigenvalue weighted by Crippen LogP contribution is 2.16. The van der Waals surface area contributed by atoms with Gasteiger partial charge in [0.1, 0.15) is 0 Å². The van der Waals surface area contributed by atoms with Gasteiger partial charge in [0.2, 0.25) is 0 Å². The Labute approximate surface area is 74.7 Å². The van der Waals surface area contributed by atoms with E-state index in [1.165, 1.54) is 0 Å². The number of oxime groups is 1. The zero-order valence-electron chi connectivity index (χ0n) is 6.03. The topological polar surface area (TPSA) is 37.0 Å². The zero-order chi connectivity index (χ0) is 8.97. The molecule has 1 rings (SSSR count). The maximum Gasteiger partial charge on any atom is 0.323 e. The van der Waals surface area contributed by atoms with Gasteiger partial charge in [0.05, 0.1) is 5.16 Å². The number of halogens is 1. The van der Waals surface area contributed by atoms with Crippen LogP contribution < -0.4 is 0 Å². The molecule has 4 heteroatoms. The molecule has 0 aliphatic heterocycles.